The highest BCUT2D eigenvalue weighted by Crippen LogP contribution is 2.37. The number of aromatic amines is 1. The van der Waals surface area contributed by atoms with Gasteiger partial charge in [0, 0.05) is 23.4 Å². The minimum absolute atomic E-state index is 0.206. The van der Waals surface area contributed by atoms with Crippen LogP contribution < -0.4 is 10.6 Å². The molecule has 0 aliphatic carbocycles. The van der Waals surface area contributed by atoms with Crippen molar-refractivity contribution in [2.75, 3.05) is 31.5 Å². The smallest absolute Gasteiger partial charge is 0.268 e. The lowest BCUT2D eigenvalue weighted by molar-refractivity contribution is -0.110. The molecule has 42 heavy (non-hydrogen) atoms. The summed E-state index contributed by atoms with van der Waals surface area (Å²) < 4.78 is 0. The summed E-state index contributed by atoms with van der Waals surface area (Å²) >= 11 is 0. The van der Waals surface area contributed by atoms with Gasteiger partial charge in [-0.05, 0) is 74.7 Å². The number of ketones is 1. The Balaban J connectivity index is 1.32. The van der Waals surface area contributed by atoms with Gasteiger partial charge in [0.15, 0.2) is 5.78 Å². The number of amides is 2. The van der Waals surface area contributed by atoms with Crippen LogP contribution in [0.25, 0.3) is 22.8 Å². The van der Waals surface area contributed by atoms with Crippen LogP contribution in [0.1, 0.15) is 62.5 Å². The molecule has 3 heterocycles. The topological polar surface area (TPSA) is 94.3 Å². The Morgan fingerprint density at radius 1 is 0.929 bits per heavy atom. The summed E-state index contributed by atoms with van der Waals surface area (Å²) in [5, 5.41) is 5.99. The number of aromatic nitrogens is 1. The number of hydrogen-bond donors (Lipinski definition) is 3. The lowest BCUT2D eigenvalue weighted by Gasteiger charge is -2.14. The number of nitrogens with one attached hydrogen (secondary N) is 3. The lowest BCUT2D eigenvalue weighted by Crippen LogP contribution is -2.29. The molecule has 0 atom stereocenters. The summed E-state index contributed by atoms with van der Waals surface area (Å²) in [6, 6.07) is 24.8. The van der Waals surface area contributed by atoms with Gasteiger partial charge >= 0.3 is 0 Å². The van der Waals surface area contributed by atoms with Crippen molar-refractivity contribution in [1.82, 2.24) is 15.2 Å². The zero-order valence-corrected chi connectivity index (χ0v) is 23.7. The first-order chi connectivity index (χ1) is 20.5. The average Bonchev–Trinajstić information content (AvgIpc) is 3.73. The molecule has 6 rings (SSSR count). The van der Waals surface area contributed by atoms with Crippen molar-refractivity contribution in [2.45, 2.75) is 26.2 Å². The number of nitrogens with zero attached hydrogens (tertiary/aromatic N) is 1. The van der Waals surface area contributed by atoms with Crippen LogP contribution in [0.3, 0.4) is 0 Å². The summed E-state index contributed by atoms with van der Waals surface area (Å²) in [5.41, 5.74) is 6.18. The van der Waals surface area contributed by atoms with E-state index in [2.05, 4.69) is 20.5 Å². The Labute approximate surface area is 245 Å². The molecule has 7 nitrogen and oxygen atoms in total. The minimum Gasteiger partial charge on any atom is -0.351 e. The van der Waals surface area contributed by atoms with Crippen molar-refractivity contribution in [3.8, 4) is 11.1 Å². The van der Waals surface area contributed by atoms with E-state index in [1.165, 1.54) is 12.8 Å². The fraction of sp³-hybridized carbons (Fsp3) is 0.229. The maximum Gasteiger partial charge on any atom is 0.268 e. The van der Waals surface area contributed by atoms with Crippen molar-refractivity contribution in [2.24, 2.45) is 0 Å². The lowest BCUT2D eigenvalue weighted by atomic mass is 9.96. The van der Waals surface area contributed by atoms with Crippen LogP contribution in [0.15, 0.2) is 78.9 Å². The van der Waals surface area contributed by atoms with E-state index >= 15 is 0 Å². The molecule has 1 saturated heterocycles. The molecule has 1 fully saturated rings. The maximum absolute atomic E-state index is 13.7. The number of carbonyl (C=O) groups excluding carboxylic acids is 3. The SMILES string of the molecule is Cc1c(C(=O)NCCCN2CCCC2)[nH]c(C=C2C(=O)Nc3cc(-c4ccccc4)ccc32)c1C(=O)c1ccccc1. The Hall–Kier alpha value is -4.75. The number of likely N-dealkylation sites (tertiary alicyclic amines) is 1. The molecular weight excluding hydrogens is 524 g/mol. The van der Waals surface area contributed by atoms with Gasteiger partial charge in [-0.3, -0.25) is 14.4 Å². The molecule has 3 aromatic carbocycles. The van der Waals surface area contributed by atoms with Crippen LogP contribution in [-0.4, -0.2) is 53.7 Å². The number of benzene rings is 3. The van der Waals surface area contributed by atoms with Crippen LogP contribution >= 0.6 is 0 Å². The highest BCUT2D eigenvalue weighted by Gasteiger charge is 2.28. The molecule has 2 aliphatic rings. The van der Waals surface area contributed by atoms with Gasteiger partial charge in [-0.25, -0.2) is 0 Å². The van der Waals surface area contributed by atoms with E-state index in [1.54, 1.807) is 25.1 Å². The van der Waals surface area contributed by atoms with E-state index in [0.717, 1.165) is 42.7 Å². The fourth-order valence-electron chi connectivity index (χ4n) is 5.87. The van der Waals surface area contributed by atoms with E-state index in [1.807, 2.05) is 66.7 Å². The molecule has 7 heteroatoms. The van der Waals surface area contributed by atoms with Crippen LogP contribution in [0.4, 0.5) is 5.69 Å². The summed E-state index contributed by atoms with van der Waals surface area (Å²) in [4.78, 5) is 45.8. The fourth-order valence-corrected chi connectivity index (χ4v) is 5.87. The van der Waals surface area contributed by atoms with Gasteiger partial charge in [-0.2, -0.15) is 0 Å². The van der Waals surface area contributed by atoms with Crippen molar-refractivity contribution in [1.29, 1.82) is 0 Å². The first kappa shape index (κ1) is 27.4. The third kappa shape index (κ3) is 5.56. The molecule has 2 amide bonds. The van der Waals surface area contributed by atoms with Crippen LogP contribution in [0, 0.1) is 6.92 Å². The molecule has 2 aliphatic heterocycles. The molecular formula is C35H34N4O3. The van der Waals surface area contributed by atoms with E-state index in [-0.39, 0.29) is 17.6 Å². The second kappa shape index (κ2) is 12.0. The Morgan fingerprint density at radius 3 is 2.38 bits per heavy atom. The largest absolute Gasteiger partial charge is 0.351 e. The average molecular weight is 559 g/mol. The first-order valence-corrected chi connectivity index (χ1v) is 14.6. The Bertz CT molecular complexity index is 1670. The normalized spacial score (nSPS) is 15.5. The van der Waals surface area contributed by atoms with E-state index in [0.29, 0.717) is 45.9 Å². The van der Waals surface area contributed by atoms with Crippen LogP contribution in [0.5, 0.6) is 0 Å². The van der Waals surface area contributed by atoms with Crippen molar-refractivity contribution >= 4 is 34.9 Å². The van der Waals surface area contributed by atoms with Gasteiger partial charge in [0.25, 0.3) is 11.8 Å². The maximum atomic E-state index is 13.7. The summed E-state index contributed by atoms with van der Waals surface area (Å²) in [6.07, 6.45) is 5.03. The van der Waals surface area contributed by atoms with Gasteiger partial charge in [0.05, 0.1) is 16.8 Å². The Morgan fingerprint density at radius 2 is 1.64 bits per heavy atom. The predicted octanol–water partition coefficient (Wildman–Crippen LogP) is 5.93. The molecule has 0 unspecified atom stereocenters. The molecule has 212 valence electrons. The second-order valence-corrected chi connectivity index (χ2v) is 10.9. The summed E-state index contributed by atoms with van der Waals surface area (Å²) in [7, 11) is 0. The molecule has 3 N–H and O–H groups in total. The van der Waals surface area contributed by atoms with E-state index < -0.39 is 0 Å². The van der Waals surface area contributed by atoms with Crippen LogP contribution in [-0.2, 0) is 4.79 Å². The van der Waals surface area contributed by atoms with Crippen molar-refractivity contribution < 1.29 is 14.4 Å². The molecule has 1 aromatic heterocycles. The van der Waals surface area contributed by atoms with Gasteiger partial charge in [0.1, 0.15) is 5.69 Å². The van der Waals surface area contributed by atoms with Gasteiger partial charge in [-0.1, -0.05) is 72.8 Å². The molecule has 0 radical (unpaired) electrons. The number of fused-ring (bicyclic) bond motifs is 1. The van der Waals surface area contributed by atoms with Gasteiger partial charge in [-0.15, -0.1) is 0 Å². The standard InChI is InChI=1S/C35H34N4O3/c1-23-31(33(40)25-13-6-3-7-14-25)30(37-32(23)35(42)36-17-10-20-39-18-8-9-19-39)22-28-27-16-15-26(21-29(27)38-34(28)41)24-11-4-2-5-12-24/h2-7,11-16,21-22,37H,8-10,17-20H2,1H3,(H,36,42)(H,38,41). The highest BCUT2D eigenvalue weighted by molar-refractivity contribution is 6.35. The number of carbonyl (C=O) groups is 3. The number of rotatable bonds is 9. The quantitative estimate of drug-likeness (QED) is 0.135. The second-order valence-electron chi connectivity index (χ2n) is 10.9. The van der Waals surface area contributed by atoms with Gasteiger partial charge < -0.3 is 20.5 Å². The molecule has 4 aromatic rings. The zero-order valence-electron chi connectivity index (χ0n) is 23.7. The number of anilines is 1. The molecule has 0 bridgehead atoms. The third-order valence-corrected chi connectivity index (χ3v) is 8.10. The molecule has 0 saturated carbocycles. The zero-order chi connectivity index (χ0) is 29.1. The minimum atomic E-state index is -0.260. The highest BCUT2D eigenvalue weighted by atomic mass is 16.2. The van der Waals surface area contributed by atoms with Gasteiger partial charge in [0.2, 0.25) is 0 Å². The first-order valence-electron chi connectivity index (χ1n) is 14.6. The van der Waals surface area contributed by atoms with Crippen molar-refractivity contribution in [3.05, 3.63) is 113 Å². The van der Waals surface area contributed by atoms with Crippen molar-refractivity contribution in [3.63, 3.8) is 0 Å². The van der Waals surface area contributed by atoms with Crippen LogP contribution in [0.2, 0.25) is 0 Å². The monoisotopic (exact) mass is 558 g/mol. The number of hydrogen-bond acceptors (Lipinski definition) is 4. The summed E-state index contributed by atoms with van der Waals surface area (Å²) in [5.74, 6) is -0.722. The predicted molar refractivity (Wildman–Crippen MR) is 166 cm³/mol. The summed E-state index contributed by atoms with van der Waals surface area (Å²) in [6.45, 7) is 5.53. The molecule has 0 spiro atoms. The number of H-pyrrole nitrogens is 1. The van der Waals surface area contributed by atoms with E-state index in [4.69, 9.17) is 0 Å². The Kier molecular flexibility index (Phi) is 7.84. The third-order valence-electron chi connectivity index (χ3n) is 8.10. The van der Waals surface area contributed by atoms with E-state index in [9.17, 15) is 14.4 Å².